The minimum atomic E-state index is -1.19. The highest BCUT2D eigenvalue weighted by Gasteiger charge is 2.61. The Hall–Kier alpha value is -4.96. The summed E-state index contributed by atoms with van der Waals surface area (Å²) < 4.78 is 10.7. The Kier molecular flexibility index (Phi) is 5.88. The Bertz CT molecular complexity index is 1620. The Morgan fingerprint density at radius 1 is 0.846 bits per heavy atom. The van der Waals surface area contributed by atoms with Gasteiger partial charge < -0.3 is 9.47 Å². The van der Waals surface area contributed by atoms with E-state index in [-0.39, 0.29) is 22.7 Å². The Morgan fingerprint density at radius 3 is 2.23 bits per heavy atom. The van der Waals surface area contributed by atoms with Crippen molar-refractivity contribution in [1.82, 2.24) is 0 Å². The van der Waals surface area contributed by atoms with Crippen LogP contribution in [0.5, 0.6) is 11.5 Å². The number of hydrogen-bond donors (Lipinski definition) is 0. The third-order valence-corrected chi connectivity index (χ3v) is 7.18. The fraction of sp³-hybridized carbons (Fsp3) is 0.172. The maximum Gasteiger partial charge on any atom is 0.278 e. The van der Waals surface area contributed by atoms with Crippen LogP contribution < -0.4 is 19.4 Å². The molecule has 6 rings (SSSR count). The molecule has 0 unspecified atom stereocenters. The lowest BCUT2D eigenvalue weighted by atomic mass is 9.89. The molecule has 0 aliphatic carbocycles. The number of hydroxylamine groups is 1. The fourth-order valence-electron chi connectivity index (χ4n) is 5.45. The first-order valence-corrected chi connectivity index (χ1v) is 12.2. The van der Waals surface area contributed by atoms with Crippen LogP contribution in [0.25, 0.3) is 10.8 Å². The molecule has 10 heteroatoms. The van der Waals surface area contributed by atoms with Gasteiger partial charge in [-0.2, -0.15) is 0 Å². The molecule has 2 amide bonds. The largest absolute Gasteiger partial charge is 0.493 e. The third-order valence-electron chi connectivity index (χ3n) is 7.18. The van der Waals surface area contributed by atoms with Crippen LogP contribution in [0.15, 0.2) is 84.9 Å². The number of fused-ring (bicyclic) bond motifs is 2. The number of methoxy groups -OCH3 is 2. The molecule has 0 spiro atoms. The third kappa shape index (κ3) is 3.76. The lowest BCUT2D eigenvalue weighted by Gasteiger charge is -2.29. The van der Waals surface area contributed by atoms with Crippen molar-refractivity contribution in [2.24, 2.45) is 5.92 Å². The molecule has 0 saturated carbocycles. The van der Waals surface area contributed by atoms with E-state index in [0.29, 0.717) is 11.4 Å². The number of nitro groups is 1. The smallest absolute Gasteiger partial charge is 0.278 e. The van der Waals surface area contributed by atoms with Crippen LogP contribution >= 0.6 is 0 Å². The molecule has 0 radical (unpaired) electrons. The number of imide groups is 1. The van der Waals surface area contributed by atoms with Crippen molar-refractivity contribution in [1.29, 1.82) is 0 Å². The Morgan fingerprint density at radius 2 is 1.51 bits per heavy atom. The summed E-state index contributed by atoms with van der Waals surface area (Å²) >= 11 is 0. The Labute approximate surface area is 223 Å². The van der Waals surface area contributed by atoms with E-state index in [4.69, 9.17) is 14.3 Å². The number of anilines is 2. The summed E-state index contributed by atoms with van der Waals surface area (Å²) in [4.78, 5) is 47.0. The average molecular weight is 526 g/mol. The zero-order valence-corrected chi connectivity index (χ0v) is 21.0. The molecule has 2 aliphatic rings. The first kappa shape index (κ1) is 24.4. The topological polar surface area (TPSA) is 111 Å². The van der Waals surface area contributed by atoms with E-state index in [1.165, 1.54) is 31.4 Å². The molecule has 196 valence electrons. The molecule has 0 aromatic heterocycles. The second-order valence-electron chi connectivity index (χ2n) is 9.19. The van der Waals surface area contributed by atoms with Crippen molar-refractivity contribution in [3.8, 4) is 11.5 Å². The van der Waals surface area contributed by atoms with Crippen LogP contribution in [-0.4, -0.2) is 37.1 Å². The van der Waals surface area contributed by atoms with Gasteiger partial charge in [-0.05, 0) is 29.7 Å². The molecule has 4 aromatic rings. The summed E-state index contributed by atoms with van der Waals surface area (Å²) in [5, 5.41) is 15.3. The predicted molar refractivity (Wildman–Crippen MR) is 143 cm³/mol. The molecular formula is C29H23N3O7. The van der Waals surface area contributed by atoms with E-state index < -0.39 is 34.8 Å². The van der Waals surface area contributed by atoms with Gasteiger partial charge >= 0.3 is 0 Å². The number of carbonyl (C=O) groups is 2. The van der Waals surface area contributed by atoms with E-state index >= 15 is 0 Å². The number of nitro benzene ring substituents is 1. The minimum Gasteiger partial charge on any atom is -0.493 e. The molecule has 2 heterocycles. The van der Waals surface area contributed by atoms with Crippen LogP contribution in [0.2, 0.25) is 0 Å². The van der Waals surface area contributed by atoms with E-state index in [1.54, 1.807) is 36.4 Å². The number of ether oxygens (including phenoxy) is 2. The van der Waals surface area contributed by atoms with Gasteiger partial charge in [0, 0.05) is 5.39 Å². The van der Waals surface area contributed by atoms with Crippen LogP contribution in [-0.2, 0) is 14.4 Å². The second kappa shape index (κ2) is 9.41. The SMILES string of the molecule is COc1cc([C@H]2[C@H]3C(=O)N(c4cccc5ccccc45)C(=O)[C@@H]3ON2c2ccccc2)c([N+](=O)[O-])cc1OC. The van der Waals surface area contributed by atoms with Gasteiger partial charge in [0.15, 0.2) is 17.6 Å². The van der Waals surface area contributed by atoms with Crippen molar-refractivity contribution in [2.45, 2.75) is 12.1 Å². The average Bonchev–Trinajstić information content (AvgIpc) is 3.47. The van der Waals surface area contributed by atoms with Gasteiger partial charge in [-0.15, -0.1) is 0 Å². The van der Waals surface area contributed by atoms with Gasteiger partial charge in [-0.25, -0.2) is 9.96 Å². The first-order valence-electron chi connectivity index (χ1n) is 12.2. The maximum absolute atomic E-state index is 14.1. The molecule has 39 heavy (non-hydrogen) atoms. The van der Waals surface area contributed by atoms with Gasteiger partial charge in [0.1, 0.15) is 12.0 Å². The predicted octanol–water partition coefficient (Wildman–Crippen LogP) is 4.82. The van der Waals surface area contributed by atoms with E-state index in [2.05, 4.69) is 0 Å². The molecule has 2 fully saturated rings. The zero-order valence-electron chi connectivity index (χ0n) is 21.0. The van der Waals surface area contributed by atoms with Crippen molar-refractivity contribution in [2.75, 3.05) is 24.2 Å². The summed E-state index contributed by atoms with van der Waals surface area (Å²) in [7, 11) is 2.80. The van der Waals surface area contributed by atoms with E-state index in [9.17, 15) is 19.7 Å². The minimum absolute atomic E-state index is 0.162. The van der Waals surface area contributed by atoms with Crippen LogP contribution in [0.3, 0.4) is 0 Å². The molecule has 3 atom stereocenters. The summed E-state index contributed by atoms with van der Waals surface area (Å²) in [6.07, 6.45) is -1.19. The summed E-state index contributed by atoms with van der Waals surface area (Å²) in [5.41, 5.74) is 0.854. The lowest BCUT2D eigenvalue weighted by molar-refractivity contribution is -0.385. The number of nitrogens with zero attached hydrogens (tertiary/aromatic N) is 3. The molecule has 10 nitrogen and oxygen atoms in total. The van der Waals surface area contributed by atoms with Gasteiger partial charge in [-0.3, -0.25) is 24.5 Å². The highest BCUT2D eigenvalue weighted by Crippen LogP contribution is 2.51. The van der Waals surface area contributed by atoms with Crippen molar-refractivity contribution < 1.29 is 28.8 Å². The lowest BCUT2D eigenvalue weighted by Crippen LogP contribution is -2.37. The zero-order chi connectivity index (χ0) is 27.3. The standard InChI is InChI=1S/C29H23N3O7/c1-37-23-15-20(22(32(35)36)16-24(23)38-2)26-25-27(39-31(26)18-11-4-3-5-12-18)29(34)30(28(25)33)21-14-8-10-17-9-6-7-13-19(17)21/h3-16,25-27H,1-2H3/t25-,26+,27-/m1/s1. The van der Waals surface area contributed by atoms with Crippen LogP contribution in [0, 0.1) is 16.0 Å². The number of benzene rings is 4. The number of para-hydroxylation sites is 1. The molecule has 2 aliphatic heterocycles. The van der Waals surface area contributed by atoms with Crippen LogP contribution in [0.4, 0.5) is 17.1 Å². The normalized spacial score (nSPS) is 20.4. The Balaban J connectivity index is 1.53. The number of rotatable bonds is 6. The summed E-state index contributed by atoms with van der Waals surface area (Å²) in [6.45, 7) is 0. The molecule has 4 aromatic carbocycles. The van der Waals surface area contributed by atoms with Crippen molar-refractivity contribution >= 4 is 39.6 Å². The monoisotopic (exact) mass is 525 g/mol. The first-order chi connectivity index (χ1) is 18.9. The fourth-order valence-corrected chi connectivity index (χ4v) is 5.45. The quantitative estimate of drug-likeness (QED) is 0.200. The maximum atomic E-state index is 14.1. The second-order valence-corrected chi connectivity index (χ2v) is 9.19. The molecular weight excluding hydrogens is 502 g/mol. The van der Waals surface area contributed by atoms with Gasteiger partial charge in [0.05, 0.1) is 42.1 Å². The highest BCUT2D eigenvalue weighted by molar-refractivity contribution is 6.26. The number of amides is 2. The van der Waals surface area contributed by atoms with E-state index in [1.807, 2.05) is 36.4 Å². The van der Waals surface area contributed by atoms with Gasteiger partial charge in [0.2, 0.25) is 5.91 Å². The molecule has 2 saturated heterocycles. The number of carbonyl (C=O) groups excluding carboxylic acids is 2. The van der Waals surface area contributed by atoms with Gasteiger partial charge in [0.25, 0.3) is 11.6 Å². The highest BCUT2D eigenvalue weighted by atomic mass is 16.7. The van der Waals surface area contributed by atoms with Crippen molar-refractivity contribution in [3.05, 3.63) is 101 Å². The molecule has 0 bridgehead atoms. The summed E-state index contributed by atoms with van der Waals surface area (Å²) in [5.74, 6) is -1.69. The molecule has 0 N–H and O–H groups in total. The van der Waals surface area contributed by atoms with E-state index in [0.717, 1.165) is 15.7 Å². The van der Waals surface area contributed by atoms with Crippen molar-refractivity contribution in [3.63, 3.8) is 0 Å². The number of hydrogen-bond acceptors (Lipinski definition) is 8. The van der Waals surface area contributed by atoms with Gasteiger partial charge in [-0.1, -0.05) is 54.6 Å². The summed E-state index contributed by atoms with van der Waals surface area (Å²) in [6, 6.07) is 23.4. The van der Waals surface area contributed by atoms with Crippen LogP contribution in [0.1, 0.15) is 11.6 Å².